The minimum Gasteiger partial charge on any atom is -0.343 e. The predicted molar refractivity (Wildman–Crippen MR) is 110 cm³/mol. The molecule has 7 nitrogen and oxygen atoms in total. The van der Waals surface area contributed by atoms with E-state index in [0.29, 0.717) is 41.5 Å². The lowest BCUT2D eigenvalue weighted by Crippen LogP contribution is -2.34. The zero-order chi connectivity index (χ0) is 19.8. The highest BCUT2D eigenvalue weighted by Crippen LogP contribution is 2.33. The van der Waals surface area contributed by atoms with Gasteiger partial charge in [-0.05, 0) is 32.4 Å². The summed E-state index contributed by atoms with van der Waals surface area (Å²) in [6.45, 7) is 7.30. The fraction of sp³-hybridized carbons (Fsp3) is 0.400. The fourth-order valence-corrected chi connectivity index (χ4v) is 4.80. The van der Waals surface area contributed by atoms with Gasteiger partial charge >= 0.3 is 0 Å². The Hall–Kier alpha value is -2.61. The molecule has 146 valence electrons. The Bertz CT molecular complexity index is 1100. The monoisotopic (exact) mass is 397 g/mol. The summed E-state index contributed by atoms with van der Waals surface area (Å²) in [6.07, 6.45) is 1.90. The van der Waals surface area contributed by atoms with Crippen molar-refractivity contribution in [1.29, 1.82) is 0 Å². The van der Waals surface area contributed by atoms with Gasteiger partial charge in [-0.2, -0.15) is 5.10 Å². The smallest absolute Gasteiger partial charge is 0.265 e. The summed E-state index contributed by atoms with van der Waals surface area (Å²) in [5.74, 6) is 0.755. The molecular weight excluding hydrogens is 374 g/mol. The van der Waals surface area contributed by atoms with E-state index in [1.807, 2.05) is 45.0 Å². The number of carbonyl (C=O) groups excluding carboxylic acids is 1. The molecule has 4 rings (SSSR count). The van der Waals surface area contributed by atoms with Gasteiger partial charge in [0.25, 0.3) is 5.56 Å². The molecule has 1 atom stereocenters. The molecule has 8 heteroatoms. The lowest BCUT2D eigenvalue weighted by atomic mass is 10.2. The summed E-state index contributed by atoms with van der Waals surface area (Å²) in [4.78, 5) is 32.3. The molecule has 28 heavy (non-hydrogen) atoms. The normalized spacial score (nSPS) is 15.8. The molecule has 0 saturated heterocycles. The first-order valence-corrected chi connectivity index (χ1v) is 10.5. The average Bonchev–Trinajstić information content (AvgIpc) is 3.28. The van der Waals surface area contributed by atoms with Gasteiger partial charge in [0.15, 0.2) is 10.8 Å². The molecule has 3 heterocycles. The van der Waals surface area contributed by atoms with Gasteiger partial charge in [0.2, 0.25) is 5.91 Å². The minimum absolute atomic E-state index is 0.0750. The zero-order valence-electron chi connectivity index (χ0n) is 16.3. The second kappa shape index (κ2) is 7.43. The molecule has 2 aromatic heterocycles. The van der Waals surface area contributed by atoms with E-state index in [0.717, 1.165) is 11.3 Å². The van der Waals surface area contributed by atoms with E-state index in [-0.39, 0.29) is 17.5 Å². The SMILES string of the molecule is CCN(CC)C(=O)CC1CSc2nc3c(cnn3-c3ccccc3C)c(=O)n21. The maximum atomic E-state index is 13.2. The van der Waals surface area contributed by atoms with Crippen LogP contribution in [0.15, 0.2) is 40.4 Å². The van der Waals surface area contributed by atoms with Crippen LogP contribution in [-0.2, 0) is 4.79 Å². The van der Waals surface area contributed by atoms with Crippen LogP contribution in [0.5, 0.6) is 0 Å². The largest absolute Gasteiger partial charge is 0.343 e. The number of carbonyl (C=O) groups is 1. The van der Waals surface area contributed by atoms with Gasteiger partial charge in [0.1, 0.15) is 5.39 Å². The van der Waals surface area contributed by atoms with Crippen molar-refractivity contribution in [3.63, 3.8) is 0 Å². The van der Waals surface area contributed by atoms with Crippen LogP contribution in [0.1, 0.15) is 31.9 Å². The standard InChI is InChI=1S/C20H23N5O2S/c1-4-23(5-2)17(26)10-14-12-28-20-22-18-15(19(27)24(14)20)11-21-25(18)16-9-7-6-8-13(16)3/h6-9,11,14H,4-5,10,12H2,1-3H3. The molecule has 1 amide bonds. The Labute approximate surface area is 167 Å². The molecule has 1 unspecified atom stereocenters. The van der Waals surface area contributed by atoms with Crippen molar-refractivity contribution in [3.05, 3.63) is 46.4 Å². The van der Waals surface area contributed by atoms with Crippen LogP contribution < -0.4 is 5.56 Å². The van der Waals surface area contributed by atoms with Crippen LogP contribution >= 0.6 is 11.8 Å². The Morgan fingerprint density at radius 2 is 2.04 bits per heavy atom. The quantitative estimate of drug-likeness (QED) is 0.619. The topological polar surface area (TPSA) is 73.0 Å². The highest BCUT2D eigenvalue weighted by molar-refractivity contribution is 7.99. The number of fused-ring (bicyclic) bond motifs is 2. The van der Waals surface area contributed by atoms with Crippen molar-refractivity contribution < 1.29 is 4.79 Å². The van der Waals surface area contributed by atoms with Crippen molar-refractivity contribution in [2.75, 3.05) is 18.8 Å². The van der Waals surface area contributed by atoms with Crippen LogP contribution in [0.2, 0.25) is 0 Å². The van der Waals surface area contributed by atoms with Gasteiger partial charge in [-0.25, -0.2) is 9.67 Å². The Morgan fingerprint density at radius 3 is 2.75 bits per heavy atom. The first kappa shape index (κ1) is 18.7. The molecule has 0 aliphatic carbocycles. The van der Waals surface area contributed by atoms with Crippen molar-refractivity contribution >= 4 is 28.7 Å². The summed E-state index contributed by atoms with van der Waals surface area (Å²) < 4.78 is 3.40. The maximum absolute atomic E-state index is 13.2. The lowest BCUT2D eigenvalue weighted by Gasteiger charge is -2.21. The molecule has 0 spiro atoms. The van der Waals surface area contributed by atoms with Crippen LogP contribution in [-0.4, -0.2) is 49.0 Å². The summed E-state index contributed by atoms with van der Waals surface area (Å²) >= 11 is 1.53. The number of thioether (sulfide) groups is 1. The number of hydrogen-bond acceptors (Lipinski definition) is 5. The predicted octanol–water partition coefficient (Wildman–Crippen LogP) is 2.80. The van der Waals surface area contributed by atoms with E-state index in [1.54, 1.807) is 20.3 Å². The number of aromatic nitrogens is 4. The van der Waals surface area contributed by atoms with Gasteiger partial charge in [-0.15, -0.1) is 0 Å². The van der Waals surface area contributed by atoms with Crippen LogP contribution in [0, 0.1) is 6.92 Å². The molecule has 0 radical (unpaired) electrons. The van der Waals surface area contributed by atoms with E-state index in [9.17, 15) is 9.59 Å². The number of nitrogens with zero attached hydrogens (tertiary/aromatic N) is 5. The average molecular weight is 398 g/mol. The zero-order valence-corrected chi connectivity index (χ0v) is 17.1. The van der Waals surface area contributed by atoms with E-state index in [1.165, 1.54) is 11.8 Å². The van der Waals surface area contributed by atoms with Gasteiger partial charge in [-0.3, -0.25) is 14.2 Å². The van der Waals surface area contributed by atoms with E-state index in [2.05, 4.69) is 5.10 Å². The van der Waals surface area contributed by atoms with Crippen molar-refractivity contribution in [2.24, 2.45) is 0 Å². The van der Waals surface area contributed by atoms with Crippen LogP contribution in [0.4, 0.5) is 0 Å². The first-order valence-electron chi connectivity index (χ1n) is 9.52. The molecule has 0 bridgehead atoms. The molecule has 0 fully saturated rings. The van der Waals surface area contributed by atoms with E-state index < -0.39 is 0 Å². The second-order valence-electron chi connectivity index (χ2n) is 6.88. The fourth-order valence-electron chi connectivity index (χ4n) is 3.67. The number of rotatable bonds is 5. The van der Waals surface area contributed by atoms with Gasteiger partial charge < -0.3 is 4.90 Å². The van der Waals surface area contributed by atoms with Crippen molar-refractivity contribution in [3.8, 4) is 5.69 Å². The van der Waals surface area contributed by atoms with Crippen molar-refractivity contribution in [2.45, 2.75) is 38.4 Å². The summed E-state index contributed by atoms with van der Waals surface area (Å²) in [7, 11) is 0. The molecule has 1 aromatic carbocycles. The number of hydrogen-bond donors (Lipinski definition) is 0. The molecule has 0 saturated carbocycles. The summed E-state index contributed by atoms with van der Waals surface area (Å²) in [6, 6.07) is 7.72. The molecular formula is C20H23N5O2S. The van der Waals surface area contributed by atoms with Crippen LogP contribution in [0.25, 0.3) is 16.7 Å². The summed E-state index contributed by atoms with van der Waals surface area (Å²) in [5.41, 5.74) is 2.41. The first-order chi connectivity index (χ1) is 13.5. The number of para-hydroxylation sites is 1. The highest BCUT2D eigenvalue weighted by Gasteiger charge is 2.30. The molecule has 1 aliphatic heterocycles. The van der Waals surface area contributed by atoms with E-state index in [4.69, 9.17) is 4.98 Å². The van der Waals surface area contributed by atoms with Gasteiger partial charge in [0.05, 0.1) is 17.9 Å². The van der Waals surface area contributed by atoms with Gasteiger partial charge in [-0.1, -0.05) is 30.0 Å². The highest BCUT2D eigenvalue weighted by atomic mass is 32.2. The van der Waals surface area contributed by atoms with Crippen LogP contribution in [0.3, 0.4) is 0 Å². The third kappa shape index (κ3) is 3.01. The lowest BCUT2D eigenvalue weighted by molar-refractivity contribution is -0.131. The summed E-state index contributed by atoms with van der Waals surface area (Å²) in [5, 5.41) is 5.56. The minimum atomic E-state index is -0.167. The number of amides is 1. The third-order valence-electron chi connectivity index (χ3n) is 5.24. The third-order valence-corrected chi connectivity index (χ3v) is 6.34. The molecule has 1 aliphatic rings. The van der Waals surface area contributed by atoms with Crippen molar-refractivity contribution in [1.82, 2.24) is 24.2 Å². The van der Waals surface area contributed by atoms with Gasteiger partial charge in [0, 0.05) is 25.3 Å². The Balaban J connectivity index is 1.76. The Kier molecular flexibility index (Phi) is 4.97. The number of benzene rings is 1. The number of aryl methyl sites for hydroxylation is 1. The second-order valence-corrected chi connectivity index (χ2v) is 7.87. The maximum Gasteiger partial charge on any atom is 0.265 e. The van der Waals surface area contributed by atoms with E-state index >= 15 is 0 Å². The molecule has 3 aromatic rings. The molecule has 0 N–H and O–H groups in total. The Morgan fingerprint density at radius 1 is 1.29 bits per heavy atom.